The highest BCUT2D eigenvalue weighted by Gasteiger charge is 2.49. The number of ether oxygens (including phenoxy) is 1. The highest BCUT2D eigenvalue weighted by atomic mass is 16.6. The number of carbonyl (C=O) groups excluding carboxylic acids is 3. The van der Waals surface area contributed by atoms with Gasteiger partial charge < -0.3 is 24.8 Å². The average molecular weight is 356 g/mol. The van der Waals surface area contributed by atoms with Gasteiger partial charge in [0.25, 0.3) is 5.91 Å². The topological polar surface area (TPSA) is 97.9 Å². The minimum atomic E-state index is -0.599. The van der Waals surface area contributed by atoms with E-state index < -0.39 is 11.5 Å². The van der Waals surface area contributed by atoms with Crippen molar-refractivity contribution in [1.82, 2.24) is 14.4 Å². The Morgan fingerprint density at radius 2 is 2.04 bits per heavy atom. The van der Waals surface area contributed by atoms with Gasteiger partial charge in [0, 0.05) is 37.1 Å². The molecule has 0 aliphatic carbocycles. The van der Waals surface area contributed by atoms with E-state index in [0.29, 0.717) is 31.6 Å². The zero-order chi connectivity index (χ0) is 18.5. The van der Waals surface area contributed by atoms with Crippen LogP contribution in [0.5, 0.6) is 0 Å². The lowest BCUT2D eigenvalue weighted by Gasteiger charge is -2.22. The van der Waals surface area contributed by atoms with Gasteiger partial charge in [-0.05, 0) is 6.07 Å². The van der Waals surface area contributed by atoms with Gasteiger partial charge >= 0.3 is 6.09 Å². The average Bonchev–Trinajstić information content (AvgIpc) is 3.25. The van der Waals surface area contributed by atoms with Crippen LogP contribution in [-0.2, 0) is 16.1 Å². The first kappa shape index (κ1) is 16.4. The van der Waals surface area contributed by atoms with Crippen LogP contribution in [0.2, 0.25) is 0 Å². The Bertz CT molecular complexity index is 921. The number of amides is 3. The summed E-state index contributed by atoms with van der Waals surface area (Å²) in [6.45, 7) is 1.53. The van der Waals surface area contributed by atoms with Crippen molar-refractivity contribution in [3.8, 4) is 0 Å². The van der Waals surface area contributed by atoms with E-state index in [1.54, 1.807) is 22.7 Å². The summed E-state index contributed by atoms with van der Waals surface area (Å²) in [6, 6.07) is 7.35. The van der Waals surface area contributed by atoms with Gasteiger partial charge in [-0.15, -0.1) is 0 Å². The number of primary amides is 1. The van der Waals surface area contributed by atoms with Crippen LogP contribution in [0.4, 0.5) is 4.79 Å². The summed E-state index contributed by atoms with van der Waals surface area (Å²) < 4.78 is 7.23. The smallest absolute Gasteiger partial charge is 0.410 e. The van der Waals surface area contributed by atoms with E-state index in [9.17, 15) is 14.4 Å². The van der Waals surface area contributed by atoms with Crippen molar-refractivity contribution in [2.24, 2.45) is 5.73 Å². The number of hydrogen-bond donors (Lipinski definition) is 1. The number of para-hydroxylation sites is 1. The maximum Gasteiger partial charge on any atom is 0.410 e. The molecule has 8 heteroatoms. The minimum absolute atomic E-state index is 0.0794. The fourth-order valence-corrected chi connectivity index (χ4v) is 3.88. The van der Waals surface area contributed by atoms with Gasteiger partial charge in [0.1, 0.15) is 6.54 Å². The fraction of sp³-hybridized carbons (Fsp3) is 0.389. The molecule has 1 spiro atoms. The molecule has 2 aromatic rings. The maximum absolute atomic E-state index is 12.8. The fourth-order valence-electron chi connectivity index (χ4n) is 3.88. The lowest BCUT2D eigenvalue weighted by Crippen LogP contribution is -2.40. The third-order valence-electron chi connectivity index (χ3n) is 5.17. The molecule has 0 radical (unpaired) electrons. The predicted molar refractivity (Wildman–Crippen MR) is 93.5 cm³/mol. The molecule has 0 unspecified atom stereocenters. The Morgan fingerprint density at radius 3 is 2.73 bits per heavy atom. The van der Waals surface area contributed by atoms with E-state index >= 15 is 0 Å². The van der Waals surface area contributed by atoms with Gasteiger partial charge in [-0.25, -0.2) is 4.79 Å². The molecule has 0 saturated carbocycles. The van der Waals surface area contributed by atoms with Crippen LogP contribution < -0.4 is 5.73 Å². The van der Waals surface area contributed by atoms with E-state index in [-0.39, 0.29) is 18.5 Å². The van der Waals surface area contributed by atoms with Crippen LogP contribution in [0.1, 0.15) is 16.8 Å². The molecule has 2 aliphatic heterocycles. The molecule has 2 aliphatic rings. The van der Waals surface area contributed by atoms with Crippen molar-refractivity contribution in [2.75, 3.05) is 26.7 Å². The van der Waals surface area contributed by atoms with Crippen molar-refractivity contribution < 1.29 is 19.1 Å². The first-order valence-corrected chi connectivity index (χ1v) is 8.48. The molecule has 136 valence electrons. The summed E-state index contributed by atoms with van der Waals surface area (Å²) in [5.41, 5.74) is 6.04. The van der Waals surface area contributed by atoms with Crippen molar-refractivity contribution in [2.45, 2.75) is 18.6 Å². The number of likely N-dealkylation sites (N-methyl/N-ethyl adjacent to an activating group) is 1. The van der Waals surface area contributed by atoms with E-state index in [0.717, 1.165) is 10.9 Å². The SMILES string of the molecule is CN1C[C@]2(CCN(C(=O)Cn3cc(C(N)=O)c4ccccc43)C2)OC1=O. The second kappa shape index (κ2) is 5.76. The second-order valence-corrected chi connectivity index (χ2v) is 7.02. The Hall–Kier alpha value is -3.03. The first-order chi connectivity index (χ1) is 12.4. The van der Waals surface area contributed by atoms with Crippen LogP contribution in [0.25, 0.3) is 10.9 Å². The molecule has 1 aromatic carbocycles. The monoisotopic (exact) mass is 356 g/mol. The van der Waals surface area contributed by atoms with Gasteiger partial charge in [0.05, 0.1) is 18.7 Å². The standard InChI is InChI=1S/C18H20N4O4/c1-20-10-18(26-17(20)25)6-7-21(11-18)15(23)9-22-8-13(16(19)24)12-4-2-3-5-14(12)22/h2-5,8H,6-7,9-11H2,1H3,(H2,19,24)/t18-/m0/s1. The van der Waals surface area contributed by atoms with Crippen molar-refractivity contribution >= 4 is 28.8 Å². The van der Waals surface area contributed by atoms with Crippen LogP contribution in [-0.4, -0.2) is 64.6 Å². The van der Waals surface area contributed by atoms with Crippen LogP contribution >= 0.6 is 0 Å². The quantitative estimate of drug-likeness (QED) is 0.879. The molecular weight excluding hydrogens is 336 g/mol. The molecule has 26 heavy (non-hydrogen) atoms. The van der Waals surface area contributed by atoms with Crippen molar-refractivity contribution in [1.29, 1.82) is 0 Å². The van der Waals surface area contributed by atoms with Crippen molar-refractivity contribution in [3.63, 3.8) is 0 Å². The third kappa shape index (κ3) is 2.58. The summed E-state index contributed by atoms with van der Waals surface area (Å²) in [5, 5.41) is 0.733. The summed E-state index contributed by atoms with van der Waals surface area (Å²) in [7, 11) is 1.69. The lowest BCUT2D eigenvalue weighted by atomic mass is 10.0. The van der Waals surface area contributed by atoms with Gasteiger partial charge in [-0.3, -0.25) is 9.59 Å². The first-order valence-electron chi connectivity index (χ1n) is 8.48. The molecule has 2 N–H and O–H groups in total. The minimum Gasteiger partial charge on any atom is -0.439 e. The molecule has 1 atom stereocenters. The van der Waals surface area contributed by atoms with Gasteiger partial charge in [-0.1, -0.05) is 18.2 Å². The molecule has 8 nitrogen and oxygen atoms in total. The predicted octanol–water partition coefficient (Wildman–Crippen LogP) is 0.793. The number of nitrogens with zero attached hydrogens (tertiary/aromatic N) is 3. The molecule has 0 bridgehead atoms. The van der Waals surface area contributed by atoms with Crippen LogP contribution in [0, 0.1) is 0 Å². The highest BCUT2D eigenvalue weighted by molar-refractivity contribution is 6.06. The molecule has 2 saturated heterocycles. The Kier molecular flexibility index (Phi) is 3.64. The Labute approximate surface area is 150 Å². The summed E-state index contributed by atoms with van der Waals surface area (Å²) >= 11 is 0. The lowest BCUT2D eigenvalue weighted by molar-refractivity contribution is -0.131. The molecule has 1 aromatic heterocycles. The molecule has 3 amide bonds. The molecule has 4 rings (SSSR count). The number of aromatic nitrogens is 1. The molecular formula is C18H20N4O4. The largest absolute Gasteiger partial charge is 0.439 e. The van der Waals surface area contributed by atoms with E-state index in [1.165, 1.54) is 4.90 Å². The van der Waals surface area contributed by atoms with Crippen molar-refractivity contribution in [3.05, 3.63) is 36.0 Å². The number of hydrogen-bond acceptors (Lipinski definition) is 4. The highest BCUT2D eigenvalue weighted by Crippen LogP contribution is 2.32. The van der Waals surface area contributed by atoms with Crippen LogP contribution in [0.15, 0.2) is 30.5 Å². The van der Waals surface area contributed by atoms with E-state index in [4.69, 9.17) is 10.5 Å². The second-order valence-electron chi connectivity index (χ2n) is 7.02. The number of nitrogens with two attached hydrogens (primary N) is 1. The molecule has 3 heterocycles. The Balaban J connectivity index is 1.54. The molecule has 2 fully saturated rings. The number of fused-ring (bicyclic) bond motifs is 1. The number of carbonyl (C=O) groups is 3. The van der Waals surface area contributed by atoms with Crippen LogP contribution in [0.3, 0.4) is 0 Å². The van der Waals surface area contributed by atoms with E-state index in [1.807, 2.05) is 24.3 Å². The van der Waals surface area contributed by atoms with E-state index in [2.05, 4.69) is 0 Å². The normalized spacial score (nSPS) is 22.4. The van der Waals surface area contributed by atoms with Gasteiger partial charge in [0.2, 0.25) is 5.91 Å². The zero-order valence-electron chi connectivity index (χ0n) is 14.5. The summed E-state index contributed by atoms with van der Waals surface area (Å²) in [5.74, 6) is -0.599. The summed E-state index contributed by atoms with van der Waals surface area (Å²) in [4.78, 5) is 39.4. The Morgan fingerprint density at radius 1 is 1.27 bits per heavy atom. The zero-order valence-corrected chi connectivity index (χ0v) is 14.5. The summed E-state index contributed by atoms with van der Waals surface area (Å²) in [6.07, 6.45) is 1.91. The number of rotatable bonds is 3. The third-order valence-corrected chi connectivity index (χ3v) is 5.17. The maximum atomic E-state index is 12.8. The van der Waals surface area contributed by atoms with Gasteiger partial charge in [-0.2, -0.15) is 0 Å². The number of benzene rings is 1. The van der Waals surface area contributed by atoms with Gasteiger partial charge in [0.15, 0.2) is 5.60 Å². The number of likely N-dealkylation sites (tertiary alicyclic amines) is 1.